The summed E-state index contributed by atoms with van der Waals surface area (Å²) in [6, 6.07) is 0. The van der Waals surface area contributed by atoms with Crippen LogP contribution in [0.15, 0.2) is 11.6 Å². The van der Waals surface area contributed by atoms with Gasteiger partial charge in [0.2, 0.25) is 0 Å². The molecule has 0 saturated carbocycles. The Balaban J connectivity index is 2.47. The van der Waals surface area contributed by atoms with Gasteiger partial charge in [0, 0.05) is 6.42 Å². The van der Waals surface area contributed by atoms with Crippen LogP contribution in [0.3, 0.4) is 0 Å². The highest BCUT2D eigenvalue weighted by molar-refractivity contribution is 5.93. The van der Waals surface area contributed by atoms with Gasteiger partial charge < -0.3 is 0 Å². The summed E-state index contributed by atoms with van der Waals surface area (Å²) >= 11 is 0. The van der Waals surface area contributed by atoms with Gasteiger partial charge in [-0.15, -0.1) is 0 Å². The molecule has 1 aliphatic rings. The zero-order chi connectivity index (χ0) is 8.27. The van der Waals surface area contributed by atoms with Crippen molar-refractivity contribution >= 4 is 5.78 Å². The normalized spacial score (nSPS) is 20.2. The molecule has 1 aliphatic carbocycles. The Hall–Kier alpha value is -0.590. The minimum Gasteiger partial charge on any atom is -0.295 e. The number of ketones is 1. The minimum absolute atomic E-state index is 0.322. The summed E-state index contributed by atoms with van der Waals surface area (Å²) in [5.41, 5.74) is 1.37. The maximum Gasteiger partial charge on any atom is 0.155 e. The first-order valence-corrected chi connectivity index (χ1v) is 4.47. The SMILES string of the molecule is CCCC(C)C1=CC(=O)CC1. The van der Waals surface area contributed by atoms with E-state index in [4.69, 9.17) is 0 Å². The third-order valence-corrected chi connectivity index (χ3v) is 2.36. The lowest BCUT2D eigenvalue weighted by atomic mass is 9.96. The molecule has 0 fully saturated rings. The van der Waals surface area contributed by atoms with E-state index in [1.54, 1.807) is 0 Å². The summed E-state index contributed by atoms with van der Waals surface area (Å²) in [6.07, 6.45) is 6.05. The Morgan fingerprint density at radius 2 is 2.27 bits per heavy atom. The highest BCUT2D eigenvalue weighted by Crippen LogP contribution is 2.25. The number of carbonyl (C=O) groups is 1. The van der Waals surface area contributed by atoms with Crippen molar-refractivity contribution in [2.24, 2.45) is 5.92 Å². The molecule has 0 aromatic heterocycles. The van der Waals surface area contributed by atoms with E-state index in [-0.39, 0.29) is 0 Å². The second-order valence-corrected chi connectivity index (χ2v) is 3.38. The fourth-order valence-electron chi connectivity index (χ4n) is 1.63. The van der Waals surface area contributed by atoms with Crippen molar-refractivity contribution in [1.29, 1.82) is 0 Å². The molecule has 0 bridgehead atoms. The molecule has 1 unspecified atom stereocenters. The van der Waals surface area contributed by atoms with Crippen LogP contribution in [0.5, 0.6) is 0 Å². The lowest BCUT2D eigenvalue weighted by Crippen LogP contribution is -1.95. The average Bonchev–Trinajstić information content (AvgIpc) is 2.36. The van der Waals surface area contributed by atoms with Crippen molar-refractivity contribution in [3.63, 3.8) is 0 Å². The van der Waals surface area contributed by atoms with E-state index < -0.39 is 0 Å². The molecule has 11 heavy (non-hydrogen) atoms. The molecule has 0 heterocycles. The summed E-state index contributed by atoms with van der Waals surface area (Å²) in [4.78, 5) is 10.9. The summed E-state index contributed by atoms with van der Waals surface area (Å²) in [5.74, 6) is 0.953. The van der Waals surface area contributed by atoms with Crippen LogP contribution in [-0.2, 0) is 4.79 Å². The molecule has 1 nitrogen and oxygen atoms in total. The summed E-state index contributed by atoms with van der Waals surface area (Å²) in [7, 11) is 0. The van der Waals surface area contributed by atoms with Gasteiger partial charge in [0.05, 0.1) is 0 Å². The van der Waals surface area contributed by atoms with E-state index in [2.05, 4.69) is 13.8 Å². The standard InChI is InChI=1S/C10H16O/c1-3-4-8(2)9-5-6-10(11)7-9/h7-8H,3-6H2,1-2H3. The lowest BCUT2D eigenvalue weighted by Gasteiger charge is -2.09. The van der Waals surface area contributed by atoms with Crippen LogP contribution in [0.25, 0.3) is 0 Å². The molecular formula is C10H16O. The third-order valence-electron chi connectivity index (χ3n) is 2.36. The van der Waals surface area contributed by atoms with Gasteiger partial charge in [0.1, 0.15) is 0 Å². The van der Waals surface area contributed by atoms with Gasteiger partial charge in [-0.2, -0.15) is 0 Å². The predicted octanol–water partition coefficient (Wildman–Crippen LogP) is 2.71. The zero-order valence-electron chi connectivity index (χ0n) is 7.39. The van der Waals surface area contributed by atoms with Crippen molar-refractivity contribution in [1.82, 2.24) is 0 Å². The van der Waals surface area contributed by atoms with E-state index in [0.717, 1.165) is 12.8 Å². The predicted molar refractivity (Wildman–Crippen MR) is 46.4 cm³/mol. The maximum atomic E-state index is 10.9. The molecule has 62 valence electrons. The zero-order valence-corrected chi connectivity index (χ0v) is 7.39. The van der Waals surface area contributed by atoms with Crippen LogP contribution < -0.4 is 0 Å². The van der Waals surface area contributed by atoms with Crippen molar-refractivity contribution in [2.75, 3.05) is 0 Å². The van der Waals surface area contributed by atoms with Gasteiger partial charge in [-0.05, 0) is 24.8 Å². The maximum absolute atomic E-state index is 10.9. The van der Waals surface area contributed by atoms with E-state index >= 15 is 0 Å². The first kappa shape index (κ1) is 8.51. The molecule has 0 aliphatic heterocycles. The lowest BCUT2D eigenvalue weighted by molar-refractivity contribution is -0.114. The molecule has 1 heteroatoms. The minimum atomic E-state index is 0.322. The average molecular weight is 152 g/mol. The topological polar surface area (TPSA) is 17.1 Å². The molecule has 0 aromatic carbocycles. The van der Waals surface area contributed by atoms with E-state index in [0.29, 0.717) is 11.7 Å². The van der Waals surface area contributed by atoms with E-state index in [1.807, 2.05) is 6.08 Å². The highest BCUT2D eigenvalue weighted by Gasteiger charge is 2.16. The largest absolute Gasteiger partial charge is 0.295 e. The van der Waals surface area contributed by atoms with Crippen LogP contribution >= 0.6 is 0 Å². The molecule has 0 radical (unpaired) electrons. The van der Waals surface area contributed by atoms with Crippen molar-refractivity contribution in [3.8, 4) is 0 Å². The number of carbonyl (C=O) groups excluding carboxylic acids is 1. The van der Waals surface area contributed by atoms with Crippen molar-refractivity contribution in [3.05, 3.63) is 11.6 Å². The Bertz CT molecular complexity index is 179. The van der Waals surface area contributed by atoms with Crippen LogP contribution in [0.4, 0.5) is 0 Å². The summed E-state index contributed by atoms with van der Waals surface area (Å²) in [5, 5.41) is 0. The van der Waals surface area contributed by atoms with Gasteiger partial charge in [-0.1, -0.05) is 25.8 Å². The number of hydrogen-bond donors (Lipinski definition) is 0. The van der Waals surface area contributed by atoms with Crippen LogP contribution in [0.1, 0.15) is 39.5 Å². The van der Waals surface area contributed by atoms with Gasteiger partial charge >= 0.3 is 0 Å². The molecular weight excluding hydrogens is 136 g/mol. The Morgan fingerprint density at radius 1 is 1.55 bits per heavy atom. The van der Waals surface area contributed by atoms with Gasteiger partial charge in [0.25, 0.3) is 0 Å². The molecule has 1 atom stereocenters. The first-order valence-electron chi connectivity index (χ1n) is 4.47. The second-order valence-electron chi connectivity index (χ2n) is 3.38. The number of hydrogen-bond acceptors (Lipinski definition) is 1. The van der Waals surface area contributed by atoms with Crippen LogP contribution in [0.2, 0.25) is 0 Å². The number of allylic oxidation sites excluding steroid dienone is 2. The Kier molecular flexibility index (Phi) is 2.86. The van der Waals surface area contributed by atoms with Crippen molar-refractivity contribution in [2.45, 2.75) is 39.5 Å². The quantitative estimate of drug-likeness (QED) is 0.607. The van der Waals surface area contributed by atoms with E-state index in [1.165, 1.54) is 18.4 Å². The third kappa shape index (κ3) is 2.18. The molecule has 1 rings (SSSR count). The van der Waals surface area contributed by atoms with Crippen LogP contribution in [0, 0.1) is 5.92 Å². The highest BCUT2D eigenvalue weighted by atomic mass is 16.1. The fraction of sp³-hybridized carbons (Fsp3) is 0.700. The van der Waals surface area contributed by atoms with Crippen LogP contribution in [-0.4, -0.2) is 5.78 Å². The van der Waals surface area contributed by atoms with Gasteiger partial charge in [0.15, 0.2) is 5.78 Å². The molecule has 0 saturated heterocycles. The number of rotatable bonds is 3. The van der Waals surface area contributed by atoms with Gasteiger partial charge in [-0.3, -0.25) is 4.79 Å². The summed E-state index contributed by atoms with van der Waals surface area (Å²) in [6.45, 7) is 4.40. The Labute approximate surface area is 68.5 Å². The molecule has 0 spiro atoms. The first-order chi connectivity index (χ1) is 5.24. The molecule has 0 amide bonds. The Morgan fingerprint density at radius 3 is 2.73 bits per heavy atom. The van der Waals surface area contributed by atoms with Gasteiger partial charge in [-0.25, -0.2) is 0 Å². The monoisotopic (exact) mass is 152 g/mol. The molecule has 0 N–H and O–H groups in total. The summed E-state index contributed by atoms with van der Waals surface area (Å²) < 4.78 is 0. The fourth-order valence-corrected chi connectivity index (χ4v) is 1.63. The smallest absolute Gasteiger partial charge is 0.155 e. The molecule has 0 aromatic rings. The second kappa shape index (κ2) is 3.70. The van der Waals surface area contributed by atoms with Crippen molar-refractivity contribution < 1.29 is 4.79 Å². The van der Waals surface area contributed by atoms with E-state index in [9.17, 15) is 4.79 Å².